The zero-order valence-corrected chi connectivity index (χ0v) is 11.7. The monoisotopic (exact) mass is 255 g/mol. The molecular formula is C15H17N3O. The molecule has 98 valence electrons. The summed E-state index contributed by atoms with van der Waals surface area (Å²) in [7, 11) is 1.61. The molecule has 1 aromatic carbocycles. The first-order chi connectivity index (χ1) is 9.12. The van der Waals surface area contributed by atoms with E-state index < -0.39 is 0 Å². The number of nitriles is 1. The smallest absolute Gasteiger partial charge is 0.121 e. The zero-order chi connectivity index (χ0) is 14.0. The van der Waals surface area contributed by atoms with Gasteiger partial charge >= 0.3 is 0 Å². The van der Waals surface area contributed by atoms with Gasteiger partial charge in [-0.2, -0.15) is 10.4 Å². The van der Waals surface area contributed by atoms with Crippen LogP contribution in [0.15, 0.2) is 18.2 Å². The number of aryl methyl sites for hydroxylation is 1. The van der Waals surface area contributed by atoms with Crippen molar-refractivity contribution in [2.75, 3.05) is 7.11 Å². The number of nitrogens with zero attached hydrogens (tertiary/aromatic N) is 3. The first-order valence-corrected chi connectivity index (χ1v) is 6.26. The molecule has 4 nitrogen and oxygen atoms in total. The maximum atomic E-state index is 9.24. The van der Waals surface area contributed by atoms with Crippen molar-refractivity contribution in [3.63, 3.8) is 0 Å². The van der Waals surface area contributed by atoms with Gasteiger partial charge in [-0.25, -0.2) is 4.68 Å². The molecule has 0 N–H and O–H groups in total. The van der Waals surface area contributed by atoms with Gasteiger partial charge < -0.3 is 4.74 Å². The molecule has 0 atom stereocenters. The van der Waals surface area contributed by atoms with Gasteiger partial charge in [0.15, 0.2) is 0 Å². The van der Waals surface area contributed by atoms with Gasteiger partial charge in [-0.3, -0.25) is 0 Å². The Morgan fingerprint density at radius 2 is 2.11 bits per heavy atom. The van der Waals surface area contributed by atoms with Crippen LogP contribution in [-0.4, -0.2) is 16.9 Å². The average Bonchev–Trinajstić information content (AvgIpc) is 2.72. The van der Waals surface area contributed by atoms with E-state index in [2.05, 4.69) is 18.1 Å². The normalized spacial score (nSPS) is 10.3. The third kappa shape index (κ3) is 2.19. The summed E-state index contributed by atoms with van der Waals surface area (Å²) in [5.41, 5.74) is 4.67. The number of hydrogen-bond acceptors (Lipinski definition) is 3. The van der Waals surface area contributed by atoms with Crippen molar-refractivity contribution in [3.05, 3.63) is 40.7 Å². The first-order valence-electron chi connectivity index (χ1n) is 6.26. The van der Waals surface area contributed by atoms with Crippen molar-refractivity contribution < 1.29 is 4.74 Å². The summed E-state index contributed by atoms with van der Waals surface area (Å²) in [6.45, 7) is 6.13. The highest BCUT2D eigenvalue weighted by atomic mass is 16.5. The molecule has 0 unspecified atom stereocenters. The van der Waals surface area contributed by atoms with Crippen molar-refractivity contribution in [1.29, 1.82) is 5.26 Å². The fourth-order valence-electron chi connectivity index (χ4n) is 2.33. The van der Waals surface area contributed by atoms with E-state index in [0.29, 0.717) is 5.56 Å². The molecular weight excluding hydrogens is 238 g/mol. The highest BCUT2D eigenvalue weighted by molar-refractivity contribution is 5.53. The van der Waals surface area contributed by atoms with E-state index in [9.17, 15) is 5.26 Å². The molecule has 0 radical (unpaired) electrons. The predicted octanol–water partition coefficient (Wildman–Crippen LogP) is 2.93. The van der Waals surface area contributed by atoms with Gasteiger partial charge in [0.2, 0.25) is 0 Å². The van der Waals surface area contributed by atoms with Gasteiger partial charge in [-0.15, -0.1) is 0 Å². The summed E-state index contributed by atoms with van der Waals surface area (Å²) in [6, 6.07) is 7.59. The molecule has 0 aliphatic heterocycles. The van der Waals surface area contributed by atoms with E-state index in [0.717, 1.165) is 29.2 Å². The molecule has 0 aliphatic rings. The Balaban J connectivity index is 2.68. The minimum absolute atomic E-state index is 0.592. The Hall–Kier alpha value is -2.28. The van der Waals surface area contributed by atoms with Crippen molar-refractivity contribution >= 4 is 0 Å². The molecule has 19 heavy (non-hydrogen) atoms. The van der Waals surface area contributed by atoms with Crippen LogP contribution in [0.1, 0.15) is 29.4 Å². The maximum Gasteiger partial charge on any atom is 0.121 e. The molecule has 0 bridgehead atoms. The van der Waals surface area contributed by atoms with Crippen molar-refractivity contribution in [2.45, 2.75) is 27.2 Å². The van der Waals surface area contributed by atoms with Gasteiger partial charge in [0.05, 0.1) is 24.1 Å². The van der Waals surface area contributed by atoms with E-state index in [-0.39, 0.29) is 0 Å². The summed E-state index contributed by atoms with van der Waals surface area (Å²) in [5.74, 6) is 0.722. The van der Waals surface area contributed by atoms with Crippen LogP contribution >= 0.6 is 0 Å². The lowest BCUT2D eigenvalue weighted by Crippen LogP contribution is -2.03. The third-order valence-electron chi connectivity index (χ3n) is 3.35. The summed E-state index contributed by atoms with van der Waals surface area (Å²) in [5, 5.41) is 13.8. The van der Waals surface area contributed by atoms with Crippen LogP contribution in [0, 0.1) is 25.2 Å². The summed E-state index contributed by atoms with van der Waals surface area (Å²) >= 11 is 0. The number of hydrogen-bond donors (Lipinski definition) is 0. The topological polar surface area (TPSA) is 50.8 Å². The van der Waals surface area contributed by atoms with E-state index in [1.807, 2.05) is 24.6 Å². The van der Waals surface area contributed by atoms with E-state index in [1.165, 1.54) is 5.56 Å². The minimum Gasteiger partial charge on any atom is -0.497 e. The maximum absolute atomic E-state index is 9.24. The Morgan fingerprint density at radius 1 is 1.37 bits per heavy atom. The second kappa shape index (κ2) is 5.15. The van der Waals surface area contributed by atoms with Crippen LogP contribution < -0.4 is 4.74 Å². The highest BCUT2D eigenvalue weighted by Gasteiger charge is 2.14. The standard InChI is InChI=1S/C15H17N3O/c1-5-14-10(2)17-18(11(14)3)15-8-13(19-4)7-6-12(15)9-16/h6-8H,5H2,1-4H3. The van der Waals surface area contributed by atoms with Gasteiger partial charge in [0.25, 0.3) is 0 Å². The lowest BCUT2D eigenvalue weighted by atomic mass is 10.1. The molecule has 0 saturated heterocycles. The van der Waals surface area contributed by atoms with Gasteiger partial charge in [-0.05, 0) is 38.0 Å². The van der Waals surface area contributed by atoms with E-state index in [1.54, 1.807) is 19.2 Å². The third-order valence-corrected chi connectivity index (χ3v) is 3.35. The zero-order valence-electron chi connectivity index (χ0n) is 11.7. The number of rotatable bonds is 3. The molecule has 0 fully saturated rings. The fourth-order valence-corrected chi connectivity index (χ4v) is 2.33. The number of ether oxygens (including phenoxy) is 1. The van der Waals surface area contributed by atoms with Crippen LogP contribution in [0.3, 0.4) is 0 Å². The number of methoxy groups -OCH3 is 1. The molecule has 0 saturated carbocycles. The van der Waals surface area contributed by atoms with E-state index >= 15 is 0 Å². The molecule has 0 amide bonds. The molecule has 1 aromatic heterocycles. The van der Waals surface area contributed by atoms with Crippen molar-refractivity contribution in [1.82, 2.24) is 9.78 Å². The summed E-state index contributed by atoms with van der Waals surface area (Å²) in [4.78, 5) is 0. The molecule has 2 rings (SSSR count). The Labute approximate surface area is 113 Å². The molecule has 2 aromatic rings. The predicted molar refractivity (Wildman–Crippen MR) is 73.7 cm³/mol. The summed E-state index contributed by atoms with van der Waals surface area (Å²) < 4.78 is 7.06. The number of aromatic nitrogens is 2. The lowest BCUT2D eigenvalue weighted by Gasteiger charge is -2.09. The summed E-state index contributed by atoms with van der Waals surface area (Å²) in [6.07, 6.45) is 0.934. The van der Waals surface area contributed by atoms with Gasteiger partial charge in [0.1, 0.15) is 11.8 Å². The minimum atomic E-state index is 0.592. The largest absolute Gasteiger partial charge is 0.497 e. The van der Waals surface area contributed by atoms with Crippen LogP contribution in [0.5, 0.6) is 5.75 Å². The second-order valence-electron chi connectivity index (χ2n) is 4.41. The van der Waals surface area contributed by atoms with Crippen LogP contribution in [0.25, 0.3) is 5.69 Å². The highest BCUT2D eigenvalue weighted by Crippen LogP contribution is 2.24. The molecule has 0 aliphatic carbocycles. The Kier molecular flexibility index (Phi) is 3.57. The van der Waals surface area contributed by atoms with E-state index in [4.69, 9.17) is 4.74 Å². The lowest BCUT2D eigenvalue weighted by molar-refractivity contribution is 0.414. The first kappa shape index (κ1) is 13.2. The van der Waals surface area contributed by atoms with Crippen LogP contribution in [0.2, 0.25) is 0 Å². The quantitative estimate of drug-likeness (QED) is 0.847. The molecule has 4 heteroatoms. The van der Waals surface area contributed by atoms with Gasteiger partial charge in [-0.1, -0.05) is 6.92 Å². The van der Waals surface area contributed by atoms with Crippen molar-refractivity contribution in [2.24, 2.45) is 0 Å². The van der Waals surface area contributed by atoms with Gasteiger partial charge in [0, 0.05) is 11.8 Å². The SMILES string of the molecule is CCc1c(C)nn(-c2cc(OC)ccc2C#N)c1C. The van der Waals surface area contributed by atoms with Crippen LogP contribution in [0.4, 0.5) is 0 Å². The fraction of sp³-hybridized carbons (Fsp3) is 0.333. The number of benzene rings is 1. The van der Waals surface area contributed by atoms with Crippen molar-refractivity contribution in [3.8, 4) is 17.5 Å². The Bertz CT molecular complexity index is 650. The van der Waals surface area contributed by atoms with Crippen LogP contribution in [-0.2, 0) is 6.42 Å². The second-order valence-corrected chi connectivity index (χ2v) is 4.41. The molecule has 1 heterocycles. The molecule has 0 spiro atoms. The Morgan fingerprint density at radius 3 is 2.63 bits per heavy atom. The average molecular weight is 255 g/mol.